The molecule has 158 valence electrons. The first-order valence-corrected chi connectivity index (χ1v) is 11.4. The molecule has 7 nitrogen and oxygen atoms in total. The van der Waals surface area contributed by atoms with Crippen LogP contribution < -0.4 is 9.80 Å². The van der Waals surface area contributed by atoms with E-state index in [0.717, 1.165) is 68.1 Å². The third-order valence-electron chi connectivity index (χ3n) is 6.02. The summed E-state index contributed by atoms with van der Waals surface area (Å²) < 4.78 is 5.49. The molecule has 1 saturated heterocycles. The highest BCUT2D eigenvalue weighted by Crippen LogP contribution is 2.40. The fourth-order valence-corrected chi connectivity index (χ4v) is 5.60. The summed E-state index contributed by atoms with van der Waals surface area (Å²) in [5.74, 6) is 2.59. The fraction of sp³-hybridized carbons (Fsp3) is 0.667. The molecule has 4 rings (SSSR count). The van der Waals surface area contributed by atoms with Crippen LogP contribution in [0.15, 0.2) is 0 Å². The van der Waals surface area contributed by atoms with E-state index >= 15 is 0 Å². The maximum absolute atomic E-state index is 12.4. The largest absolute Gasteiger partial charge is 0.370 e. The first-order valence-electron chi connectivity index (χ1n) is 10.6. The van der Waals surface area contributed by atoms with E-state index in [-0.39, 0.29) is 5.91 Å². The van der Waals surface area contributed by atoms with Crippen molar-refractivity contribution in [3.05, 3.63) is 16.3 Å². The Kier molecular flexibility index (Phi) is 6.03. The molecule has 2 aliphatic rings. The number of aromatic nitrogens is 2. The van der Waals surface area contributed by atoms with Crippen molar-refractivity contribution >= 4 is 33.3 Å². The summed E-state index contributed by atoms with van der Waals surface area (Å²) in [6, 6.07) is 0. The van der Waals surface area contributed by atoms with Gasteiger partial charge in [-0.25, -0.2) is 9.97 Å². The molecular weight excluding hydrogens is 386 g/mol. The Hall–Kier alpha value is -1.77. The number of rotatable bonds is 5. The minimum absolute atomic E-state index is 0.0809. The number of carbonyl (C=O) groups is 1. The van der Waals surface area contributed by atoms with Crippen molar-refractivity contribution in [3.63, 3.8) is 0 Å². The number of thiophene rings is 1. The van der Waals surface area contributed by atoms with Crippen molar-refractivity contribution in [1.29, 1.82) is 0 Å². The maximum Gasteiger partial charge on any atom is 0.241 e. The van der Waals surface area contributed by atoms with E-state index in [1.807, 2.05) is 23.3 Å². The molecule has 0 aromatic carbocycles. The Labute approximate surface area is 176 Å². The minimum atomic E-state index is 0.0809. The lowest BCUT2D eigenvalue weighted by Crippen LogP contribution is -3.12. The average Bonchev–Trinajstić information content (AvgIpc) is 3.05. The Bertz CT molecular complexity index is 891. The molecular formula is C21H32N5O2S+. The second-order valence-electron chi connectivity index (χ2n) is 8.68. The highest BCUT2D eigenvalue weighted by molar-refractivity contribution is 7.19. The van der Waals surface area contributed by atoms with Gasteiger partial charge in [-0.05, 0) is 30.7 Å². The van der Waals surface area contributed by atoms with Crippen LogP contribution >= 0.6 is 11.3 Å². The number of aryl methyl sites for hydroxylation is 1. The number of carbonyl (C=O) groups excluding carboxylic acids is 1. The van der Waals surface area contributed by atoms with Gasteiger partial charge in [0.1, 0.15) is 30.3 Å². The van der Waals surface area contributed by atoms with Crippen molar-refractivity contribution in [1.82, 2.24) is 14.9 Å². The number of likely N-dealkylation sites (N-methyl/N-ethyl adjacent to an activating group) is 2. The lowest BCUT2D eigenvalue weighted by atomic mass is 9.89. The monoisotopic (exact) mass is 418 g/mol. The second kappa shape index (κ2) is 8.53. The van der Waals surface area contributed by atoms with Gasteiger partial charge in [0, 0.05) is 26.0 Å². The van der Waals surface area contributed by atoms with Crippen LogP contribution in [0.4, 0.5) is 5.82 Å². The number of hydrogen-bond donors (Lipinski definition) is 1. The van der Waals surface area contributed by atoms with Crippen molar-refractivity contribution in [3.8, 4) is 0 Å². The number of morpholine rings is 1. The predicted octanol–water partition coefficient (Wildman–Crippen LogP) is 0.756. The summed E-state index contributed by atoms with van der Waals surface area (Å²) in [6.45, 7) is 7.04. The van der Waals surface area contributed by atoms with Gasteiger partial charge in [0.05, 0.1) is 25.1 Å². The summed E-state index contributed by atoms with van der Waals surface area (Å²) in [5, 5.41) is 1.17. The molecule has 0 unspecified atom stereocenters. The van der Waals surface area contributed by atoms with Gasteiger partial charge in [-0.3, -0.25) is 4.79 Å². The zero-order valence-electron chi connectivity index (χ0n) is 18.0. The zero-order valence-corrected chi connectivity index (χ0v) is 18.8. The first-order chi connectivity index (χ1) is 13.9. The number of nitrogens with zero attached hydrogens (tertiary/aromatic N) is 4. The van der Waals surface area contributed by atoms with Crippen LogP contribution in [0.1, 0.15) is 29.6 Å². The summed E-state index contributed by atoms with van der Waals surface area (Å²) in [7, 11) is 5.57. The molecule has 0 saturated carbocycles. The highest BCUT2D eigenvalue weighted by Gasteiger charge is 2.27. The van der Waals surface area contributed by atoms with Crippen LogP contribution in [-0.2, 0) is 28.9 Å². The molecule has 1 N–H and O–H groups in total. The number of ether oxygens (including phenoxy) is 1. The van der Waals surface area contributed by atoms with Gasteiger partial charge in [0.15, 0.2) is 5.82 Å². The van der Waals surface area contributed by atoms with E-state index in [1.54, 1.807) is 19.0 Å². The lowest BCUT2D eigenvalue weighted by molar-refractivity contribution is -0.922. The highest BCUT2D eigenvalue weighted by atomic mass is 32.1. The summed E-state index contributed by atoms with van der Waals surface area (Å²) in [6.07, 6.45) is 3.41. The molecule has 2 aromatic rings. The Balaban J connectivity index is 1.73. The van der Waals surface area contributed by atoms with Crippen LogP contribution in [-0.4, -0.2) is 74.8 Å². The number of fused-ring (bicyclic) bond motifs is 3. The SMILES string of the molecule is C[C@@H]1CCc2c(sc3nc(C[NH+]4CCOCC4)nc(N(C)CC(=O)N(C)C)c23)C1. The van der Waals surface area contributed by atoms with Gasteiger partial charge >= 0.3 is 0 Å². The molecule has 0 radical (unpaired) electrons. The number of quaternary nitrogens is 1. The molecule has 29 heavy (non-hydrogen) atoms. The van der Waals surface area contributed by atoms with Crippen molar-refractivity contribution < 1.29 is 14.4 Å². The molecule has 1 fully saturated rings. The number of hydrogen-bond acceptors (Lipinski definition) is 6. The molecule has 3 heterocycles. The molecule has 1 amide bonds. The number of nitrogens with one attached hydrogen (secondary N) is 1. The average molecular weight is 419 g/mol. The van der Waals surface area contributed by atoms with Gasteiger partial charge < -0.3 is 19.4 Å². The third-order valence-corrected chi connectivity index (χ3v) is 7.17. The Morgan fingerprint density at radius 3 is 2.72 bits per heavy atom. The van der Waals surface area contributed by atoms with E-state index in [9.17, 15) is 4.79 Å². The number of amides is 1. The zero-order chi connectivity index (χ0) is 20.5. The number of anilines is 1. The first kappa shape index (κ1) is 20.5. The quantitative estimate of drug-likeness (QED) is 0.777. The standard InChI is InChI=1S/C21H31N5O2S/c1-14-5-6-15-16(11-14)29-21-19(15)20(25(4)13-18(27)24(2)3)22-17(23-21)12-26-7-9-28-10-8-26/h14H,5-13H2,1-4H3/p+1/t14-/m1/s1. The summed E-state index contributed by atoms with van der Waals surface area (Å²) in [5.41, 5.74) is 1.41. The topological polar surface area (TPSA) is 63.0 Å². The van der Waals surface area contributed by atoms with Gasteiger partial charge in [0.25, 0.3) is 0 Å². The van der Waals surface area contributed by atoms with Crippen LogP contribution in [0.5, 0.6) is 0 Å². The normalized spacial score (nSPS) is 19.9. The van der Waals surface area contributed by atoms with Crippen molar-refractivity contribution in [2.24, 2.45) is 5.92 Å². The van der Waals surface area contributed by atoms with Gasteiger partial charge in [-0.2, -0.15) is 0 Å². The molecule has 0 bridgehead atoms. The van der Waals surface area contributed by atoms with Crippen LogP contribution in [0.2, 0.25) is 0 Å². The van der Waals surface area contributed by atoms with Gasteiger partial charge in [-0.1, -0.05) is 6.92 Å². The van der Waals surface area contributed by atoms with E-state index < -0.39 is 0 Å². The lowest BCUT2D eigenvalue weighted by Gasteiger charge is -2.25. The second-order valence-corrected chi connectivity index (χ2v) is 9.76. The predicted molar refractivity (Wildman–Crippen MR) is 116 cm³/mol. The maximum atomic E-state index is 12.4. The Morgan fingerprint density at radius 1 is 1.24 bits per heavy atom. The van der Waals surface area contributed by atoms with Crippen LogP contribution in [0, 0.1) is 5.92 Å². The fourth-order valence-electron chi connectivity index (χ4n) is 4.20. The van der Waals surface area contributed by atoms with Crippen molar-refractivity contribution in [2.45, 2.75) is 32.7 Å². The smallest absolute Gasteiger partial charge is 0.241 e. The van der Waals surface area contributed by atoms with E-state index in [2.05, 4.69) is 6.92 Å². The van der Waals surface area contributed by atoms with E-state index in [1.165, 1.54) is 27.1 Å². The minimum Gasteiger partial charge on any atom is -0.370 e. The third kappa shape index (κ3) is 4.39. The summed E-state index contributed by atoms with van der Waals surface area (Å²) >= 11 is 1.83. The van der Waals surface area contributed by atoms with Crippen LogP contribution in [0.25, 0.3) is 10.2 Å². The molecule has 1 aliphatic heterocycles. The van der Waals surface area contributed by atoms with Crippen molar-refractivity contribution in [2.75, 3.05) is 58.9 Å². The molecule has 8 heteroatoms. The van der Waals surface area contributed by atoms with Gasteiger partial charge in [-0.15, -0.1) is 11.3 Å². The van der Waals surface area contributed by atoms with Crippen LogP contribution in [0.3, 0.4) is 0 Å². The van der Waals surface area contributed by atoms with Gasteiger partial charge in [0.2, 0.25) is 5.91 Å². The molecule has 0 spiro atoms. The molecule has 2 aromatic heterocycles. The molecule has 1 atom stereocenters. The van der Waals surface area contributed by atoms with E-state index in [4.69, 9.17) is 14.7 Å². The van der Waals surface area contributed by atoms with E-state index in [0.29, 0.717) is 6.54 Å². The summed E-state index contributed by atoms with van der Waals surface area (Å²) in [4.78, 5) is 30.0. The Morgan fingerprint density at radius 2 is 2.00 bits per heavy atom. The molecule has 1 aliphatic carbocycles.